The Kier molecular flexibility index (Phi) is 5.90. The van der Waals surface area contributed by atoms with Crippen molar-refractivity contribution in [3.05, 3.63) is 36.0 Å². The zero-order valence-corrected chi connectivity index (χ0v) is 17.3. The van der Waals surface area contributed by atoms with Crippen LogP contribution in [0.15, 0.2) is 30.3 Å². The number of rotatable bonds is 7. The van der Waals surface area contributed by atoms with Crippen LogP contribution in [0.5, 0.6) is 0 Å². The minimum absolute atomic E-state index is 0.176. The van der Waals surface area contributed by atoms with Gasteiger partial charge in [-0.1, -0.05) is 18.2 Å². The quantitative estimate of drug-likeness (QED) is 0.782. The fourth-order valence-electron chi connectivity index (χ4n) is 5.28. The standard InChI is InChI=1S/C23H32N4O2/c1-2-26-19(15-17-7-3-4-9-20(17)26)12-11-18-8-5-14-27(18)23(29)21-10-6-13-25(21)16-22(24)28/h3-4,7,9,15,18,21H,2,5-6,8,10-14,16H2,1H3,(H2,24,28)/t18-,21+/m0/s1. The smallest absolute Gasteiger partial charge is 0.240 e. The molecular formula is C23H32N4O2. The fraction of sp³-hybridized carbons (Fsp3) is 0.565. The highest BCUT2D eigenvalue weighted by Gasteiger charge is 2.38. The molecule has 6 heteroatoms. The molecule has 0 saturated carbocycles. The van der Waals surface area contributed by atoms with Gasteiger partial charge in [0.1, 0.15) is 0 Å². The summed E-state index contributed by atoms with van der Waals surface area (Å²) in [7, 11) is 0. The number of carbonyl (C=O) groups is 2. The van der Waals surface area contributed by atoms with E-state index < -0.39 is 0 Å². The van der Waals surface area contributed by atoms with E-state index in [4.69, 9.17) is 5.73 Å². The molecule has 2 fully saturated rings. The SMILES string of the molecule is CCn1c(CC[C@@H]2CCCN2C(=O)[C@H]2CCCN2CC(N)=O)cc2ccccc21. The van der Waals surface area contributed by atoms with Crippen molar-refractivity contribution in [2.75, 3.05) is 19.6 Å². The predicted molar refractivity (Wildman–Crippen MR) is 114 cm³/mol. The number of hydrogen-bond donors (Lipinski definition) is 1. The topological polar surface area (TPSA) is 71.6 Å². The van der Waals surface area contributed by atoms with Gasteiger partial charge < -0.3 is 15.2 Å². The summed E-state index contributed by atoms with van der Waals surface area (Å²) in [5, 5.41) is 1.29. The molecule has 4 rings (SSSR count). The maximum absolute atomic E-state index is 13.3. The van der Waals surface area contributed by atoms with E-state index in [1.165, 1.54) is 16.6 Å². The summed E-state index contributed by atoms with van der Waals surface area (Å²) in [5.41, 5.74) is 8.02. The molecule has 2 aliphatic heterocycles. The number of para-hydroxylation sites is 1. The number of likely N-dealkylation sites (tertiary alicyclic amines) is 2. The first-order chi connectivity index (χ1) is 14.1. The van der Waals surface area contributed by atoms with Crippen LogP contribution in [-0.2, 0) is 22.6 Å². The molecule has 2 atom stereocenters. The lowest BCUT2D eigenvalue weighted by Crippen LogP contribution is -2.49. The lowest BCUT2D eigenvalue weighted by atomic mass is 10.1. The zero-order chi connectivity index (χ0) is 20.4. The fourth-order valence-corrected chi connectivity index (χ4v) is 5.28. The number of aromatic nitrogens is 1. The normalized spacial score (nSPS) is 22.6. The van der Waals surface area contributed by atoms with Crippen molar-refractivity contribution >= 4 is 22.7 Å². The van der Waals surface area contributed by atoms with Crippen LogP contribution in [0.1, 0.15) is 44.7 Å². The van der Waals surface area contributed by atoms with Crippen LogP contribution >= 0.6 is 0 Å². The van der Waals surface area contributed by atoms with Gasteiger partial charge in [-0.25, -0.2) is 0 Å². The number of hydrogen-bond acceptors (Lipinski definition) is 3. The summed E-state index contributed by atoms with van der Waals surface area (Å²) < 4.78 is 2.39. The first-order valence-electron chi connectivity index (χ1n) is 11.0. The van der Waals surface area contributed by atoms with E-state index in [-0.39, 0.29) is 24.4 Å². The van der Waals surface area contributed by atoms with Crippen molar-refractivity contribution < 1.29 is 9.59 Å². The number of carbonyl (C=O) groups excluding carboxylic acids is 2. The van der Waals surface area contributed by atoms with Crippen LogP contribution in [0.25, 0.3) is 10.9 Å². The average molecular weight is 397 g/mol. The van der Waals surface area contributed by atoms with Crippen molar-refractivity contribution in [2.24, 2.45) is 5.73 Å². The van der Waals surface area contributed by atoms with Crippen molar-refractivity contribution in [1.29, 1.82) is 0 Å². The number of nitrogens with two attached hydrogens (primary N) is 1. The maximum atomic E-state index is 13.3. The van der Waals surface area contributed by atoms with E-state index in [2.05, 4.69) is 46.7 Å². The van der Waals surface area contributed by atoms with E-state index in [0.29, 0.717) is 6.04 Å². The summed E-state index contributed by atoms with van der Waals surface area (Å²) in [6, 6.07) is 10.9. The highest BCUT2D eigenvalue weighted by molar-refractivity contribution is 5.84. The Morgan fingerprint density at radius 1 is 1.14 bits per heavy atom. The van der Waals surface area contributed by atoms with Crippen LogP contribution in [0.4, 0.5) is 0 Å². The maximum Gasteiger partial charge on any atom is 0.240 e. The van der Waals surface area contributed by atoms with E-state index in [9.17, 15) is 9.59 Å². The Bertz CT molecular complexity index is 890. The zero-order valence-electron chi connectivity index (χ0n) is 17.3. The summed E-state index contributed by atoms with van der Waals surface area (Å²) in [6.07, 6.45) is 5.89. The molecule has 2 amide bonds. The molecule has 6 nitrogen and oxygen atoms in total. The van der Waals surface area contributed by atoms with Gasteiger partial charge in [0.15, 0.2) is 0 Å². The molecule has 3 heterocycles. The van der Waals surface area contributed by atoms with E-state index in [1.807, 2.05) is 4.90 Å². The molecule has 2 saturated heterocycles. The van der Waals surface area contributed by atoms with E-state index >= 15 is 0 Å². The number of amides is 2. The van der Waals surface area contributed by atoms with E-state index in [0.717, 1.165) is 58.2 Å². The number of benzene rings is 1. The predicted octanol–water partition coefficient (Wildman–Crippen LogP) is 2.53. The van der Waals surface area contributed by atoms with Crippen LogP contribution < -0.4 is 5.73 Å². The number of primary amides is 1. The molecule has 1 aromatic carbocycles. The Labute approximate surface area is 172 Å². The van der Waals surface area contributed by atoms with Gasteiger partial charge in [-0.15, -0.1) is 0 Å². The van der Waals surface area contributed by atoms with Gasteiger partial charge in [0.25, 0.3) is 0 Å². The van der Waals surface area contributed by atoms with Gasteiger partial charge in [-0.05, 0) is 69.5 Å². The molecular weight excluding hydrogens is 364 g/mol. The van der Waals surface area contributed by atoms with Gasteiger partial charge in [0.2, 0.25) is 11.8 Å². The van der Waals surface area contributed by atoms with Crippen LogP contribution in [0, 0.1) is 0 Å². The van der Waals surface area contributed by atoms with Crippen LogP contribution in [0.2, 0.25) is 0 Å². The van der Waals surface area contributed by atoms with Crippen molar-refractivity contribution in [3.8, 4) is 0 Å². The monoisotopic (exact) mass is 396 g/mol. The lowest BCUT2D eigenvalue weighted by molar-refractivity contribution is -0.137. The third-order valence-electron chi connectivity index (χ3n) is 6.61. The Balaban J connectivity index is 1.44. The van der Waals surface area contributed by atoms with Gasteiger partial charge in [0, 0.05) is 30.3 Å². The highest BCUT2D eigenvalue weighted by Crippen LogP contribution is 2.28. The molecule has 0 bridgehead atoms. The number of aryl methyl sites for hydroxylation is 2. The third kappa shape index (κ3) is 4.04. The molecule has 0 spiro atoms. The molecule has 0 radical (unpaired) electrons. The first kappa shape index (κ1) is 20.0. The molecule has 2 N–H and O–H groups in total. The van der Waals surface area contributed by atoms with Crippen LogP contribution in [-0.4, -0.2) is 57.9 Å². The first-order valence-corrected chi connectivity index (χ1v) is 11.0. The highest BCUT2D eigenvalue weighted by atomic mass is 16.2. The van der Waals surface area contributed by atoms with Crippen molar-refractivity contribution in [2.45, 2.75) is 64.1 Å². The van der Waals surface area contributed by atoms with Crippen LogP contribution in [0.3, 0.4) is 0 Å². The summed E-state index contributed by atoms with van der Waals surface area (Å²) in [4.78, 5) is 28.7. The summed E-state index contributed by atoms with van der Waals surface area (Å²) in [5.74, 6) is -0.155. The second-order valence-electron chi connectivity index (χ2n) is 8.40. The molecule has 0 unspecified atom stereocenters. The Morgan fingerprint density at radius 2 is 1.93 bits per heavy atom. The second-order valence-corrected chi connectivity index (χ2v) is 8.40. The number of nitrogens with zero attached hydrogens (tertiary/aromatic N) is 3. The lowest BCUT2D eigenvalue weighted by Gasteiger charge is -2.31. The van der Waals surface area contributed by atoms with Crippen molar-refractivity contribution in [3.63, 3.8) is 0 Å². The molecule has 1 aromatic heterocycles. The van der Waals surface area contributed by atoms with Gasteiger partial charge in [-0.3, -0.25) is 14.5 Å². The van der Waals surface area contributed by atoms with Gasteiger partial charge >= 0.3 is 0 Å². The molecule has 2 aromatic rings. The minimum Gasteiger partial charge on any atom is -0.369 e. The largest absolute Gasteiger partial charge is 0.369 e. The van der Waals surface area contributed by atoms with Gasteiger partial charge in [-0.2, -0.15) is 0 Å². The molecule has 156 valence electrons. The second kappa shape index (κ2) is 8.57. The summed E-state index contributed by atoms with van der Waals surface area (Å²) in [6.45, 7) is 4.95. The average Bonchev–Trinajstić information content (AvgIpc) is 3.43. The third-order valence-corrected chi connectivity index (χ3v) is 6.61. The molecule has 2 aliphatic rings. The minimum atomic E-state index is -0.352. The number of fused-ring (bicyclic) bond motifs is 1. The van der Waals surface area contributed by atoms with E-state index in [1.54, 1.807) is 0 Å². The Hall–Kier alpha value is -2.34. The summed E-state index contributed by atoms with van der Waals surface area (Å²) >= 11 is 0. The molecule has 0 aliphatic carbocycles. The van der Waals surface area contributed by atoms with Gasteiger partial charge in [0.05, 0.1) is 12.6 Å². The molecule has 29 heavy (non-hydrogen) atoms. The van der Waals surface area contributed by atoms with Crippen molar-refractivity contribution in [1.82, 2.24) is 14.4 Å². The Morgan fingerprint density at radius 3 is 2.72 bits per heavy atom.